The van der Waals surface area contributed by atoms with E-state index in [-0.39, 0.29) is 0 Å². The number of hydrogen-bond donors (Lipinski definition) is 0. The quantitative estimate of drug-likeness (QED) is 0.172. The van der Waals surface area contributed by atoms with Gasteiger partial charge in [0.15, 0.2) is 0 Å². The fourth-order valence-corrected chi connectivity index (χ4v) is 4.38. The normalized spacial score (nSPS) is 11.3. The first-order valence-electron chi connectivity index (χ1n) is 13.0. The molecular formula is C28H47N2+. The first kappa shape index (κ1) is 24.7. The number of aryl methyl sites for hydroxylation is 2. The summed E-state index contributed by atoms with van der Waals surface area (Å²) in [7, 11) is 0. The number of imidazole rings is 1. The van der Waals surface area contributed by atoms with E-state index in [2.05, 4.69) is 65.7 Å². The second-order valence-corrected chi connectivity index (χ2v) is 8.97. The van der Waals surface area contributed by atoms with Crippen LogP contribution in [0.4, 0.5) is 0 Å². The van der Waals surface area contributed by atoms with Crippen molar-refractivity contribution >= 4 is 0 Å². The van der Waals surface area contributed by atoms with E-state index in [0.717, 1.165) is 13.1 Å². The Bertz CT molecular complexity index is 644. The second kappa shape index (κ2) is 16.2. The fourth-order valence-electron chi connectivity index (χ4n) is 4.38. The minimum atomic E-state index is 1.12. The Morgan fingerprint density at radius 1 is 0.633 bits per heavy atom. The molecule has 30 heavy (non-hydrogen) atoms. The van der Waals surface area contributed by atoms with Crippen LogP contribution >= 0.6 is 0 Å². The molecule has 168 valence electrons. The molecule has 2 nitrogen and oxygen atoms in total. The lowest BCUT2D eigenvalue weighted by Gasteiger charge is -2.06. The molecule has 0 fully saturated rings. The van der Waals surface area contributed by atoms with Crippen LogP contribution < -0.4 is 4.57 Å². The van der Waals surface area contributed by atoms with Crippen LogP contribution in [-0.2, 0) is 13.1 Å². The zero-order valence-electron chi connectivity index (χ0n) is 20.0. The lowest BCUT2D eigenvalue weighted by atomic mass is 10.0. The minimum Gasteiger partial charge on any atom is -0.230 e. The van der Waals surface area contributed by atoms with Crippen LogP contribution in [0, 0.1) is 0 Å². The van der Waals surface area contributed by atoms with E-state index in [1.54, 1.807) is 0 Å². The van der Waals surface area contributed by atoms with Crippen LogP contribution in [-0.4, -0.2) is 4.57 Å². The molecule has 0 saturated heterocycles. The van der Waals surface area contributed by atoms with E-state index in [1.807, 2.05) is 0 Å². The number of benzene rings is 1. The van der Waals surface area contributed by atoms with Gasteiger partial charge in [0.1, 0.15) is 12.4 Å². The van der Waals surface area contributed by atoms with Gasteiger partial charge in [0.2, 0.25) is 0 Å². The van der Waals surface area contributed by atoms with E-state index in [9.17, 15) is 0 Å². The maximum Gasteiger partial charge on any atom is 0.288 e. The van der Waals surface area contributed by atoms with Crippen molar-refractivity contribution in [3.05, 3.63) is 42.7 Å². The Balaban J connectivity index is 1.62. The van der Waals surface area contributed by atoms with Gasteiger partial charge in [0.25, 0.3) is 5.82 Å². The first-order chi connectivity index (χ1) is 14.9. The average molecular weight is 412 g/mol. The summed E-state index contributed by atoms with van der Waals surface area (Å²) in [6.45, 7) is 6.82. The number of aromatic nitrogens is 2. The standard InChI is InChI=1S/C28H47N2/c1-3-5-7-8-9-10-11-12-13-14-15-16-20-24-30-26-25-29(23-6-4-2)28(30)27-21-18-17-19-22-27/h17-19,21-22,25-26H,3-16,20,23-24H2,1-2H3/q+1. The fraction of sp³-hybridized carbons (Fsp3) is 0.679. The van der Waals surface area contributed by atoms with Crippen molar-refractivity contribution in [2.24, 2.45) is 0 Å². The molecule has 0 atom stereocenters. The first-order valence-corrected chi connectivity index (χ1v) is 13.0. The molecule has 2 rings (SSSR count). The van der Waals surface area contributed by atoms with Crippen molar-refractivity contribution in [2.45, 2.75) is 123 Å². The highest BCUT2D eigenvalue weighted by Crippen LogP contribution is 2.17. The van der Waals surface area contributed by atoms with E-state index < -0.39 is 0 Å². The van der Waals surface area contributed by atoms with Crippen LogP contribution in [0.3, 0.4) is 0 Å². The van der Waals surface area contributed by atoms with Crippen molar-refractivity contribution in [3.8, 4) is 11.4 Å². The third kappa shape index (κ3) is 9.49. The monoisotopic (exact) mass is 411 g/mol. The van der Waals surface area contributed by atoms with Crippen molar-refractivity contribution in [2.75, 3.05) is 0 Å². The number of unbranched alkanes of at least 4 members (excludes halogenated alkanes) is 13. The summed E-state index contributed by atoms with van der Waals surface area (Å²) in [5, 5.41) is 0. The summed E-state index contributed by atoms with van der Waals surface area (Å²) in [6, 6.07) is 10.9. The van der Waals surface area contributed by atoms with E-state index in [4.69, 9.17) is 0 Å². The van der Waals surface area contributed by atoms with Gasteiger partial charge in [-0.2, -0.15) is 0 Å². The molecule has 0 N–H and O–H groups in total. The van der Waals surface area contributed by atoms with Crippen molar-refractivity contribution < 1.29 is 4.57 Å². The SMILES string of the molecule is CCCCCCCCCCCCCCC[n+]1ccn(CCCC)c1-c1ccccc1. The predicted molar refractivity (Wildman–Crippen MR) is 131 cm³/mol. The number of hydrogen-bond acceptors (Lipinski definition) is 0. The predicted octanol–water partition coefficient (Wildman–Crippen LogP) is 8.33. The molecule has 2 aromatic rings. The van der Waals surface area contributed by atoms with Gasteiger partial charge < -0.3 is 0 Å². The van der Waals surface area contributed by atoms with Gasteiger partial charge in [-0.25, -0.2) is 9.13 Å². The smallest absolute Gasteiger partial charge is 0.230 e. The van der Waals surface area contributed by atoms with E-state index >= 15 is 0 Å². The van der Waals surface area contributed by atoms with Crippen molar-refractivity contribution in [3.63, 3.8) is 0 Å². The van der Waals surface area contributed by atoms with Crippen molar-refractivity contribution in [1.82, 2.24) is 4.57 Å². The summed E-state index contributed by atoms with van der Waals surface area (Å²) < 4.78 is 4.92. The van der Waals surface area contributed by atoms with Gasteiger partial charge in [-0.15, -0.1) is 0 Å². The molecule has 0 aliphatic carbocycles. The molecule has 0 aliphatic heterocycles. The topological polar surface area (TPSA) is 8.81 Å². The molecule has 1 aromatic heterocycles. The zero-order chi connectivity index (χ0) is 21.3. The molecule has 0 radical (unpaired) electrons. The summed E-state index contributed by atoms with van der Waals surface area (Å²) in [5.41, 5.74) is 1.34. The highest BCUT2D eigenvalue weighted by Gasteiger charge is 2.18. The van der Waals surface area contributed by atoms with Crippen LogP contribution in [0.1, 0.15) is 110 Å². The van der Waals surface area contributed by atoms with Crippen LogP contribution in [0.2, 0.25) is 0 Å². The highest BCUT2D eigenvalue weighted by atomic mass is 15.1. The summed E-state index contributed by atoms with van der Waals surface area (Å²) in [6.07, 6.45) is 25.5. The molecule has 0 spiro atoms. The minimum absolute atomic E-state index is 1.12. The van der Waals surface area contributed by atoms with Crippen molar-refractivity contribution in [1.29, 1.82) is 0 Å². The number of rotatable bonds is 18. The largest absolute Gasteiger partial charge is 0.288 e. The third-order valence-corrected chi connectivity index (χ3v) is 6.26. The molecule has 2 heteroatoms. The summed E-state index contributed by atoms with van der Waals surface area (Å²) >= 11 is 0. The molecular weight excluding hydrogens is 364 g/mol. The van der Waals surface area contributed by atoms with E-state index in [1.165, 1.54) is 108 Å². The maximum atomic E-state index is 2.48. The Labute approximate surface area is 186 Å². The van der Waals surface area contributed by atoms with Crippen LogP contribution in [0.25, 0.3) is 11.4 Å². The van der Waals surface area contributed by atoms with Gasteiger partial charge in [0, 0.05) is 0 Å². The van der Waals surface area contributed by atoms with Gasteiger partial charge in [-0.1, -0.05) is 109 Å². The summed E-state index contributed by atoms with van der Waals surface area (Å²) in [4.78, 5) is 0. The van der Waals surface area contributed by atoms with Crippen LogP contribution in [0.15, 0.2) is 42.7 Å². The molecule has 1 aromatic carbocycles. The number of nitrogens with zero attached hydrogens (tertiary/aromatic N) is 2. The summed E-state index contributed by atoms with van der Waals surface area (Å²) in [5.74, 6) is 1.38. The average Bonchev–Trinajstić information content (AvgIpc) is 3.18. The molecule has 0 unspecified atom stereocenters. The maximum absolute atomic E-state index is 2.48. The zero-order valence-corrected chi connectivity index (χ0v) is 20.0. The van der Waals surface area contributed by atoms with Crippen LogP contribution in [0.5, 0.6) is 0 Å². The molecule has 0 aliphatic rings. The molecule has 0 amide bonds. The van der Waals surface area contributed by atoms with Gasteiger partial charge in [0.05, 0.1) is 18.7 Å². The molecule has 0 saturated carbocycles. The van der Waals surface area contributed by atoms with Gasteiger partial charge in [-0.3, -0.25) is 0 Å². The highest BCUT2D eigenvalue weighted by molar-refractivity contribution is 5.52. The van der Waals surface area contributed by atoms with Gasteiger partial charge >= 0.3 is 0 Å². The Morgan fingerprint density at radius 3 is 1.73 bits per heavy atom. The Kier molecular flexibility index (Phi) is 13.3. The molecule has 1 heterocycles. The Morgan fingerprint density at radius 2 is 1.17 bits per heavy atom. The van der Waals surface area contributed by atoms with Gasteiger partial charge in [-0.05, 0) is 31.4 Å². The second-order valence-electron chi connectivity index (χ2n) is 8.97. The molecule has 0 bridgehead atoms. The Hall–Kier alpha value is -1.57. The van der Waals surface area contributed by atoms with E-state index in [0.29, 0.717) is 0 Å². The lowest BCUT2D eigenvalue weighted by Crippen LogP contribution is -2.34. The third-order valence-electron chi connectivity index (χ3n) is 6.26. The lowest BCUT2D eigenvalue weighted by molar-refractivity contribution is -0.686.